The highest BCUT2D eigenvalue weighted by atomic mass is 35.5. The molecule has 0 aromatic heterocycles. The molecule has 114 valence electrons. The molecule has 21 heavy (non-hydrogen) atoms. The number of carbonyl (C=O) groups is 2. The van der Waals surface area contributed by atoms with Crippen LogP contribution < -0.4 is 5.32 Å². The molecule has 1 aromatic rings. The van der Waals surface area contributed by atoms with Gasteiger partial charge in [-0.05, 0) is 43.5 Å². The van der Waals surface area contributed by atoms with Crippen LogP contribution in [0.2, 0.25) is 5.02 Å². The van der Waals surface area contributed by atoms with E-state index in [0.717, 1.165) is 24.8 Å². The van der Waals surface area contributed by atoms with Gasteiger partial charge in [-0.1, -0.05) is 30.9 Å². The Morgan fingerprint density at radius 2 is 1.90 bits per heavy atom. The largest absolute Gasteiger partial charge is 0.481 e. The summed E-state index contributed by atoms with van der Waals surface area (Å²) in [7, 11) is 0. The molecule has 0 aliphatic heterocycles. The van der Waals surface area contributed by atoms with Gasteiger partial charge in [0.15, 0.2) is 0 Å². The third-order valence-electron chi connectivity index (χ3n) is 4.16. The Kier molecular flexibility index (Phi) is 4.88. The molecule has 1 aliphatic rings. The van der Waals surface area contributed by atoms with Crippen LogP contribution >= 0.6 is 11.6 Å². The number of hydrogen-bond acceptors (Lipinski definition) is 2. The van der Waals surface area contributed by atoms with E-state index in [0.29, 0.717) is 23.4 Å². The summed E-state index contributed by atoms with van der Waals surface area (Å²) in [4.78, 5) is 23.8. The summed E-state index contributed by atoms with van der Waals surface area (Å²) < 4.78 is 0. The van der Waals surface area contributed by atoms with E-state index in [4.69, 9.17) is 11.6 Å². The zero-order valence-corrected chi connectivity index (χ0v) is 12.9. The lowest BCUT2D eigenvalue weighted by atomic mass is 9.74. The van der Waals surface area contributed by atoms with Crippen molar-refractivity contribution in [2.24, 2.45) is 5.41 Å². The van der Waals surface area contributed by atoms with Crippen LogP contribution in [-0.4, -0.2) is 23.5 Å². The number of carboxylic acids is 1. The first-order chi connectivity index (χ1) is 9.93. The topological polar surface area (TPSA) is 66.4 Å². The SMILES string of the molecule is Cc1cc(Cl)cc(C(=O)NCC2(C(=O)O)CCCCC2)c1. The molecule has 0 unspecified atom stereocenters. The lowest BCUT2D eigenvalue weighted by Gasteiger charge is -2.33. The Labute approximate surface area is 129 Å². The first kappa shape index (κ1) is 15.8. The fourth-order valence-electron chi connectivity index (χ4n) is 2.91. The Balaban J connectivity index is 2.06. The Morgan fingerprint density at radius 1 is 1.24 bits per heavy atom. The molecule has 1 saturated carbocycles. The number of hydrogen-bond donors (Lipinski definition) is 2. The smallest absolute Gasteiger partial charge is 0.311 e. The number of benzene rings is 1. The van der Waals surface area contributed by atoms with Crippen LogP contribution in [-0.2, 0) is 4.79 Å². The van der Waals surface area contributed by atoms with Crippen LogP contribution in [0.3, 0.4) is 0 Å². The predicted octanol–water partition coefficient (Wildman–Crippen LogP) is 3.41. The second-order valence-corrected chi connectivity index (χ2v) is 6.28. The minimum Gasteiger partial charge on any atom is -0.481 e. The van der Waals surface area contributed by atoms with E-state index in [1.807, 2.05) is 6.92 Å². The van der Waals surface area contributed by atoms with Gasteiger partial charge in [0, 0.05) is 17.1 Å². The van der Waals surface area contributed by atoms with Crippen LogP contribution in [0.5, 0.6) is 0 Å². The summed E-state index contributed by atoms with van der Waals surface area (Å²) in [5, 5.41) is 12.8. The van der Waals surface area contributed by atoms with Crippen molar-refractivity contribution in [1.29, 1.82) is 0 Å². The van der Waals surface area contributed by atoms with E-state index in [9.17, 15) is 14.7 Å². The molecule has 1 aliphatic carbocycles. The van der Waals surface area contributed by atoms with Crippen LogP contribution in [0, 0.1) is 12.3 Å². The molecule has 0 bridgehead atoms. The van der Waals surface area contributed by atoms with E-state index in [1.165, 1.54) is 0 Å². The van der Waals surface area contributed by atoms with Crippen LogP contribution in [0.15, 0.2) is 18.2 Å². The number of halogens is 1. The zero-order chi connectivity index (χ0) is 15.5. The van der Waals surface area contributed by atoms with E-state index < -0.39 is 11.4 Å². The Morgan fingerprint density at radius 3 is 2.48 bits per heavy atom. The number of rotatable bonds is 4. The molecule has 0 spiro atoms. The minimum atomic E-state index is -0.818. The molecule has 0 saturated heterocycles. The summed E-state index contributed by atoms with van der Waals surface area (Å²) in [5.41, 5.74) is 0.552. The number of amides is 1. The molecule has 0 atom stereocenters. The molecule has 5 heteroatoms. The van der Waals surface area contributed by atoms with E-state index in [1.54, 1.807) is 18.2 Å². The highest BCUT2D eigenvalue weighted by Gasteiger charge is 2.39. The van der Waals surface area contributed by atoms with Gasteiger partial charge in [0.05, 0.1) is 5.41 Å². The quantitative estimate of drug-likeness (QED) is 0.895. The first-order valence-electron chi connectivity index (χ1n) is 7.22. The Hall–Kier alpha value is -1.55. The zero-order valence-electron chi connectivity index (χ0n) is 12.1. The van der Waals surface area contributed by atoms with Crippen molar-refractivity contribution < 1.29 is 14.7 Å². The number of carbonyl (C=O) groups excluding carboxylic acids is 1. The maximum Gasteiger partial charge on any atom is 0.311 e. The fraction of sp³-hybridized carbons (Fsp3) is 0.500. The average molecular weight is 310 g/mol. The number of aryl methyl sites for hydroxylation is 1. The maximum absolute atomic E-state index is 12.2. The molecule has 2 N–H and O–H groups in total. The number of nitrogens with one attached hydrogen (secondary N) is 1. The third kappa shape index (κ3) is 3.76. The molecule has 0 heterocycles. The summed E-state index contributed by atoms with van der Waals surface area (Å²) >= 11 is 5.95. The first-order valence-corrected chi connectivity index (χ1v) is 7.60. The number of carboxylic acid groups (broad SMARTS) is 1. The third-order valence-corrected chi connectivity index (χ3v) is 4.37. The summed E-state index contributed by atoms with van der Waals surface area (Å²) in [6.07, 6.45) is 4.11. The van der Waals surface area contributed by atoms with Gasteiger partial charge in [0.2, 0.25) is 0 Å². The molecule has 2 rings (SSSR count). The van der Waals surface area contributed by atoms with Gasteiger partial charge in [-0.3, -0.25) is 9.59 Å². The Bertz CT molecular complexity index is 530. The normalized spacial score (nSPS) is 17.2. The average Bonchev–Trinajstić information content (AvgIpc) is 2.44. The van der Waals surface area contributed by atoms with E-state index >= 15 is 0 Å². The molecule has 1 amide bonds. The standard InChI is InChI=1S/C16H20ClNO3/c1-11-7-12(9-13(17)8-11)14(19)18-10-16(15(20)21)5-3-2-4-6-16/h7-9H,2-6,10H2,1H3,(H,18,19)(H,20,21). The molecule has 1 aromatic carbocycles. The van der Waals surface area contributed by atoms with Crippen molar-refractivity contribution in [3.8, 4) is 0 Å². The molecule has 4 nitrogen and oxygen atoms in total. The van der Waals surface area contributed by atoms with Crippen molar-refractivity contribution >= 4 is 23.5 Å². The van der Waals surface area contributed by atoms with Gasteiger partial charge in [-0.2, -0.15) is 0 Å². The lowest BCUT2D eigenvalue weighted by molar-refractivity contribution is -0.150. The van der Waals surface area contributed by atoms with Crippen molar-refractivity contribution in [3.05, 3.63) is 34.3 Å². The molecular weight excluding hydrogens is 290 g/mol. The van der Waals surface area contributed by atoms with Gasteiger partial charge in [-0.15, -0.1) is 0 Å². The fourth-order valence-corrected chi connectivity index (χ4v) is 3.20. The van der Waals surface area contributed by atoms with Crippen molar-refractivity contribution in [1.82, 2.24) is 5.32 Å². The van der Waals surface area contributed by atoms with Crippen LogP contribution in [0.25, 0.3) is 0 Å². The summed E-state index contributed by atoms with van der Waals surface area (Å²) in [6, 6.07) is 5.12. The van der Waals surface area contributed by atoms with Gasteiger partial charge >= 0.3 is 5.97 Å². The van der Waals surface area contributed by atoms with Gasteiger partial charge < -0.3 is 10.4 Å². The van der Waals surface area contributed by atoms with E-state index in [-0.39, 0.29) is 12.5 Å². The van der Waals surface area contributed by atoms with Crippen LogP contribution in [0.1, 0.15) is 48.0 Å². The highest BCUT2D eigenvalue weighted by Crippen LogP contribution is 2.36. The monoisotopic (exact) mass is 309 g/mol. The summed E-state index contributed by atoms with van der Waals surface area (Å²) in [5.74, 6) is -1.09. The number of aliphatic carboxylic acids is 1. The molecule has 0 radical (unpaired) electrons. The predicted molar refractivity (Wildman–Crippen MR) is 81.7 cm³/mol. The lowest BCUT2D eigenvalue weighted by Crippen LogP contribution is -2.44. The van der Waals surface area contributed by atoms with Gasteiger partial charge in [-0.25, -0.2) is 0 Å². The van der Waals surface area contributed by atoms with Crippen molar-refractivity contribution in [3.63, 3.8) is 0 Å². The van der Waals surface area contributed by atoms with Crippen molar-refractivity contribution in [2.75, 3.05) is 6.54 Å². The molecular formula is C16H20ClNO3. The second-order valence-electron chi connectivity index (χ2n) is 5.85. The summed E-state index contributed by atoms with van der Waals surface area (Å²) in [6.45, 7) is 2.04. The van der Waals surface area contributed by atoms with Gasteiger partial charge in [0.1, 0.15) is 0 Å². The van der Waals surface area contributed by atoms with Gasteiger partial charge in [0.25, 0.3) is 5.91 Å². The van der Waals surface area contributed by atoms with E-state index in [2.05, 4.69) is 5.32 Å². The second kappa shape index (κ2) is 6.48. The molecule has 1 fully saturated rings. The van der Waals surface area contributed by atoms with Crippen LogP contribution in [0.4, 0.5) is 0 Å². The maximum atomic E-state index is 12.2. The highest BCUT2D eigenvalue weighted by molar-refractivity contribution is 6.31. The van der Waals surface area contributed by atoms with Crippen molar-refractivity contribution in [2.45, 2.75) is 39.0 Å². The minimum absolute atomic E-state index is 0.173.